The van der Waals surface area contributed by atoms with Gasteiger partial charge >= 0.3 is 0 Å². The van der Waals surface area contributed by atoms with Crippen molar-refractivity contribution in [3.8, 4) is 11.1 Å². The molecule has 2 aromatic rings. The lowest BCUT2D eigenvalue weighted by Crippen LogP contribution is -2.47. The van der Waals surface area contributed by atoms with Crippen LogP contribution in [0.15, 0.2) is 36.7 Å². The minimum atomic E-state index is 0.121. The normalized spacial score (nSPS) is 20.6. The van der Waals surface area contributed by atoms with E-state index in [1.807, 2.05) is 7.05 Å². The largest absolute Gasteiger partial charge is 0.369 e. The van der Waals surface area contributed by atoms with E-state index in [1.165, 1.54) is 69.5 Å². The molecule has 7 heteroatoms. The summed E-state index contributed by atoms with van der Waals surface area (Å²) in [5.41, 5.74) is 4.72. The number of piperazine rings is 1. The van der Waals surface area contributed by atoms with Crippen LogP contribution < -0.4 is 10.2 Å². The van der Waals surface area contributed by atoms with Gasteiger partial charge in [0.15, 0.2) is 0 Å². The summed E-state index contributed by atoms with van der Waals surface area (Å²) in [6.45, 7) is 11.2. The van der Waals surface area contributed by atoms with E-state index in [0.29, 0.717) is 6.42 Å². The highest BCUT2D eigenvalue weighted by molar-refractivity contribution is 5.82. The number of amides is 1. The smallest absolute Gasteiger partial charge is 0.224 e. The average Bonchev–Trinajstić information content (AvgIpc) is 3.32. The number of rotatable bonds is 9. The lowest BCUT2D eigenvalue weighted by atomic mass is 10.00. The molecule has 1 amide bonds. The van der Waals surface area contributed by atoms with Gasteiger partial charge in [0.25, 0.3) is 0 Å². The second-order valence-electron chi connectivity index (χ2n) is 11.7. The van der Waals surface area contributed by atoms with E-state index in [2.05, 4.69) is 73.2 Å². The third-order valence-electron chi connectivity index (χ3n) is 8.87. The molecule has 0 unspecified atom stereocenters. The third kappa shape index (κ3) is 7.19. The molecule has 0 radical (unpaired) electrons. The Hall–Kier alpha value is -2.35. The first-order chi connectivity index (χ1) is 18.5. The molecule has 3 aliphatic heterocycles. The first kappa shape index (κ1) is 27.2. The molecule has 208 valence electrons. The Morgan fingerprint density at radius 1 is 0.868 bits per heavy atom. The number of likely N-dealkylation sites (N-methyl/N-ethyl adjacent to an activating group) is 1. The highest BCUT2D eigenvalue weighted by Gasteiger charge is 2.25. The first-order valence-electron chi connectivity index (χ1n) is 15.0. The lowest BCUT2D eigenvalue weighted by Gasteiger charge is -2.40. The van der Waals surface area contributed by atoms with Crippen molar-refractivity contribution >= 4 is 11.6 Å². The predicted octanol–water partition coefficient (Wildman–Crippen LogP) is 3.44. The molecule has 4 heterocycles. The number of aryl methyl sites for hydroxylation is 1. The van der Waals surface area contributed by atoms with Gasteiger partial charge in [0, 0.05) is 69.5 Å². The molecular weight excluding hydrogens is 472 g/mol. The summed E-state index contributed by atoms with van der Waals surface area (Å²) in [6.07, 6.45) is 12.5. The third-order valence-corrected chi connectivity index (χ3v) is 8.87. The standard InChI is InChI=1S/C31H48N6O/c1-33-19-21-37(22-20-33)28-9-7-26(8-10-28)30-25-34(2)24-27(30)23-31(38)32-13-6-14-35-17-11-29(12-18-35)36-15-4-3-5-16-36/h7-10,24-25,29H,3-6,11-23H2,1-2H3,(H,32,38). The summed E-state index contributed by atoms with van der Waals surface area (Å²) >= 11 is 0. The number of aromatic nitrogens is 1. The average molecular weight is 521 g/mol. The maximum absolute atomic E-state index is 12.8. The second-order valence-corrected chi connectivity index (χ2v) is 11.7. The van der Waals surface area contributed by atoms with Crippen LogP contribution in [0, 0.1) is 0 Å². The molecule has 3 saturated heterocycles. The molecule has 0 atom stereocenters. The van der Waals surface area contributed by atoms with Gasteiger partial charge in [-0.05, 0) is 95.1 Å². The van der Waals surface area contributed by atoms with E-state index in [0.717, 1.165) is 62.9 Å². The fraction of sp³-hybridized carbons (Fsp3) is 0.645. The van der Waals surface area contributed by atoms with Crippen molar-refractivity contribution in [2.45, 2.75) is 51.0 Å². The molecule has 1 N–H and O–H groups in total. The van der Waals surface area contributed by atoms with E-state index in [-0.39, 0.29) is 5.91 Å². The quantitative estimate of drug-likeness (QED) is 0.514. The van der Waals surface area contributed by atoms with Crippen molar-refractivity contribution in [3.63, 3.8) is 0 Å². The molecule has 3 fully saturated rings. The number of benzene rings is 1. The summed E-state index contributed by atoms with van der Waals surface area (Å²) in [5, 5.41) is 3.18. The van der Waals surface area contributed by atoms with E-state index in [1.54, 1.807) is 0 Å². The van der Waals surface area contributed by atoms with Crippen LogP contribution >= 0.6 is 0 Å². The summed E-state index contributed by atoms with van der Waals surface area (Å²) in [4.78, 5) is 23.0. The van der Waals surface area contributed by atoms with Crippen LogP contribution in [0.1, 0.15) is 44.1 Å². The van der Waals surface area contributed by atoms with Crippen LogP contribution in [0.2, 0.25) is 0 Å². The zero-order valence-electron chi connectivity index (χ0n) is 23.7. The molecule has 1 aromatic carbocycles. The molecule has 38 heavy (non-hydrogen) atoms. The summed E-state index contributed by atoms with van der Waals surface area (Å²) in [6, 6.07) is 9.67. The fourth-order valence-electron chi connectivity index (χ4n) is 6.51. The Bertz CT molecular complexity index is 1010. The second kappa shape index (κ2) is 13.1. The zero-order valence-corrected chi connectivity index (χ0v) is 23.7. The highest BCUT2D eigenvalue weighted by Crippen LogP contribution is 2.28. The molecule has 7 nitrogen and oxygen atoms in total. The predicted molar refractivity (Wildman–Crippen MR) is 157 cm³/mol. The van der Waals surface area contributed by atoms with E-state index in [9.17, 15) is 4.79 Å². The lowest BCUT2D eigenvalue weighted by molar-refractivity contribution is -0.120. The Kier molecular flexibility index (Phi) is 9.41. The van der Waals surface area contributed by atoms with Gasteiger partial charge in [-0.15, -0.1) is 0 Å². The molecular formula is C31H48N6O. The van der Waals surface area contributed by atoms with Gasteiger partial charge in [0.2, 0.25) is 5.91 Å². The van der Waals surface area contributed by atoms with Gasteiger partial charge in [-0.25, -0.2) is 0 Å². The SMILES string of the molecule is CN1CCN(c2ccc(-c3cn(C)cc3CC(=O)NCCCN3CCC(N4CCCCC4)CC3)cc2)CC1. The van der Waals surface area contributed by atoms with Crippen molar-refractivity contribution in [2.75, 3.05) is 77.4 Å². The van der Waals surface area contributed by atoms with Crippen LogP contribution in [-0.2, 0) is 18.3 Å². The van der Waals surface area contributed by atoms with Gasteiger partial charge < -0.3 is 29.5 Å². The van der Waals surface area contributed by atoms with Crippen LogP contribution in [0.3, 0.4) is 0 Å². The van der Waals surface area contributed by atoms with Crippen LogP contribution in [-0.4, -0.2) is 104 Å². The molecule has 1 aromatic heterocycles. The maximum Gasteiger partial charge on any atom is 0.224 e. The van der Waals surface area contributed by atoms with Gasteiger partial charge in [-0.1, -0.05) is 18.6 Å². The molecule has 0 aliphatic carbocycles. The molecule has 0 bridgehead atoms. The summed E-state index contributed by atoms with van der Waals surface area (Å²) in [5.74, 6) is 0.121. The Balaban J connectivity index is 1.05. The van der Waals surface area contributed by atoms with E-state index in [4.69, 9.17) is 0 Å². The summed E-state index contributed by atoms with van der Waals surface area (Å²) in [7, 11) is 4.23. The van der Waals surface area contributed by atoms with Crippen molar-refractivity contribution < 1.29 is 4.79 Å². The van der Waals surface area contributed by atoms with Gasteiger partial charge in [0.1, 0.15) is 0 Å². The minimum Gasteiger partial charge on any atom is -0.369 e. The van der Waals surface area contributed by atoms with Crippen LogP contribution in [0.25, 0.3) is 11.1 Å². The number of hydrogen-bond acceptors (Lipinski definition) is 5. The Labute approximate surface area is 229 Å². The van der Waals surface area contributed by atoms with Crippen molar-refractivity contribution in [3.05, 3.63) is 42.2 Å². The highest BCUT2D eigenvalue weighted by atomic mass is 16.1. The number of carbonyl (C=O) groups excluding carboxylic acids is 1. The van der Waals surface area contributed by atoms with Crippen LogP contribution in [0.5, 0.6) is 0 Å². The number of carbonyl (C=O) groups is 1. The number of anilines is 1. The number of nitrogens with zero attached hydrogens (tertiary/aromatic N) is 5. The van der Waals surface area contributed by atoms with Crippen molar-refractivity contribution in [1.29, 1.82) is 0 Å². The maximum atomic E-state index is 12.8. The summed E-state index contributed by atoms with van der Waals surface area (Å²) < 4.78 is 2.07. The molecule has 5 rings (SSSR count). The topological polar surface area (TPSA) is 47.0 Å². The van der Waals surface area contributed by atoms with E-state index >= 15 is 0 Å². The zero-order chi connectivity index (χ0) is 26.3. The molecule has 0 spiro atoms. The number of hydrogen-bond donors (Lipinski definition) is 1. The molecule has 0 saturated carbocycles. The number of nitrogens with one attached hydrogen (secondary N) is 1. The van der Waals surface area contributed by atoms with Crippen molar-refractivity contribution in [2.24, 2.45) is 7.05 Å². The van der Waals surface area contributed by atoms with Crippen LogP contribution in [0.4, 0.5) is 5.69 Å². The van der Waals surface area contributed by atoms with E-state index < -0.39 is 0 Å². The van der Waals surface area contributed by atoms with Crippen molar-refractivity contribution in [1.82, 2.24) is 24.6 Å². The van der Waals surface area contributed by atoms with Gasteiger partial charge in [-0.2, -0.15) is 0 Å². The van der Waals surface area contributed by atoms with Gasteiger partial charge in [0.05, 0.1) is 6.42 Å². The fourth-order valence-corrected chi connectivity index (χ4v) is 6.51. The number of piperidine rings is 2. The monoisotopic (exact) mass is 520 g/mol. The first-order valence-corrected chi connectivity index (χ1v) is 15.0. The minimum absolute atomic E-state index is 0.121. The van der Waals surface area contributed by atoms with Gasteiger partial charge in [-0.3, -0.25) is 4.79 Å². The Morgan fingerprint density at radius 2 is 1.58 bits per heavy atom. The molecule has 3 aliphatic rings. The number of likely N-dealkylation sites (tertiary alicyclic amines) is 2. The Morgan fingerprint density at radius 3 is 2.29 bits per heavy atom.